The number of rotatable bonds is 22. The van der Waals surface area contributed by atoms with Gasteiger partial charge in [0.2, 0.25) is 17.7 Å². The van der Waals surface area contributed by atoms with Crippen molar-refractivity contribution < 1.29 is 139 Å². The number of hydrogen-bond donors (Lipinski definition) is 19. The van der Waals surface area contributed by atoms with Gasteiger partial charge in [0, 0.05) is 27.2 Å². The Kier molecular flexibility index (Phi) is 21.9. The van der Waals surface area contributed by atoms with Gasteiger partial charge in [-0.05, 0) is 6.92 Å². The molecule has 0 aromatic carbocycles. The molecule has 4 rings (SSSR count). The molecule has 70 heavy (non-hydrogen) atoms. The van der Waals surface area contributed by atoms with E-state index in [9.17, 15) is 101 Å². The van der Waals surface area contributed by atoms with E-state index in [-0.39, 0.29) is 0 Å². The van der Waals surface area contributed by atoms with E-state index in [1.807, 2.05) is 0 Å². The average Bonchev–Trinajstić information content (AvgIpc) is 3.31. The lowest BCUT2D eigenvalue weighted by atomic mass is 9.88. The van der Waals surface area contributed by atoms with E-state index in [0.717, 1.165) is 20.8 Å². The van der Waals surface area contributed by atoms with Crippen LogP contribution >= 0.6 is 0 Å². The zero-order valence-corrected chi connectivity index (χ0v) is 38.2. The Balaban J connectivity index is 1.76. The Labute approximate surface area is 397 Å². The monoisotopic (exact) mass is 1030 g/mol. The molecule has 31 nitrogen and oxygen atoms in total. The van der Waals surface area contributed by atoms with Crippen LogP contribution in [0.25, 0.3) is 0 Å². The Morgan fingerprint density at radius 1 is 0.657 bits per heavy atom. The fourth-order valence-corrected chi connectivity index (χ4v) is 8.37. The summed E-state index contributed by atoms with van der Waals surface area (Å²) in [5, 5.41) is 177. The molecule has 0 radical (unpaired) electrons. The van der Waals surface area contributed by atoms with Crippen LogP contribution < -0.4 is 16.0 Å². The molecule has 0 aromatic rings. The molecule has 4 heterocycles. The number of amides is 3. The summed E-state index contributed by atoms with van der Waals surface area (Å²) in [6.07, 6.45) is -42.5. The third kappa shape index (κ3) is 13.8. The number of nitrogens with one attached hydrogen (secondary N) is 3. The topological polar surface area (TPSA) is 502 Å². The lowest BCUT2D eigenvalue weighted by Gasteiger charge is -2.51. The molecular formula is C39H67N3O28. The molecular weight excluding hydrogens is 958 g/mol. The molecule has 4 fully saturated rings. The Morgan fingerprint density at radius 2 is 1.20 bits per heavy atom. The second kappa shape index (κ2) is 25.8. The van der Waals surface area contributed by atoms with Gasteiger partial charge in [0.1, 0.15) is 104 Å². The highest BCUT2D eigenvalue weighted by Gasteiger charge is 2.58. The van der Waals surface area contributed by atoms with Gasteiger partial charge in [0.15, 0.2) is 18.9 Å². The maximum absolute atomic E-state index is 13.0. The number of hydrogen-bond acceptors (Lipinski definition) is 27. The standard InChI is InChI=1S/C39H67N3O28/c1-11-23(53)27(57)29(59)36(64-11)68-32-20(9-46)66-35(22(42-14(4)49)34(32)69-37-30(60)28(58)26(56)19(8-45)65-37)67-31(15(6-43)40-12(2)47)25(55)18(52)10-63-39(38(61)62)5-16(50)21(41-13(3)48)33(70-39)24(54)17(51)7-44/h11,15-37,43-46,50-60H,5-10H2,1-4H3,(H,40,47)(H,41,48)(H,42,49)(H,61,62)/t11-,15+,16+,17-,18-,19-,20-,21-,22-,23+,24-,25+,26+,27+,28+,29-,30-,31-,32-,33-,34-,35+,36-,37+,39-/m1/s1. The molecule has 31 heteroatoms. The fraction of sp³-hybridized carbons (Fsp3) is 0.897. The van der Waals surface area contributed by atoms with Crippen LogP contribution in [0.4, 0.5) is 0 Å². The summed E-state index contributed by atoms with van der Waals surface area (Å²) < 4.78 is 46.3. The fourth-order valence-electron chi connectivity index (χ4n) is 8.37. The van der Waals surface area contributed by atoms with Gasteiger partial charge in [-0.3, -0.25) is 14.4 Å². The number of carbonyl (C=O) groups is 4. The molecule has 19 N–H and O–H groups in total. The van der Waals surface area contributed by atoms with Crippen LogP contribution in [0.3, 0.4) is 0 Å². The number of aliphatic hydroxyl groups excluding tert-OH is 15. The van der Waals surface area contributed by atoms with Crippen LogP contribution in [0.15, 0.2) is 0 Å². The zero-order chi connectivity index (χ0) is 52.7. The van der Waals surface area contributed by atoms with Crippen molar-refractivity contribution in [2.75, 3.05) is 33.0 Å². The lowest BCUT2D eigenvalue weighted by molar-refractivity contribution is -0.377. The number of aliphatic carboxylic acids is 1. The lowest BCUT2D eigenvalue weighted by Crippen LogP contribution is -2.71. The van der Waals surface area contributed by atoms with E-state index in [1.165, 1.54) is 6.92 Å². The van der Waals surface area contributed by atoms with Crippen LogP contribution in [-0.2, 0) is 57.1 Å². The molecule has 406 valence electrons. The SMILES string of the molecule is CC(=O)N[C@H]1[C@H](O[C@@H]([C@@H](O)[C@H](O)CO[C@]2(C(=O)O)C[C@H](O)[C@@H](NC(C)=O)[C@H]([C@H](O)[C@H](O)CO)O2)[C@H](CO)NC(C)=O)O[C@H](CO)[C@@H](O[C@H]2O[C@H](C)[C@H](O)[C@H](O)[C@H]2O)[C@@H]1O[C@@H]1O[C@H](CO)[C@H](O)[C@H](O)[C@H]1O. The van der Waals surface area contributed by atoms with Gasteiger partial charge in [-0.2, -0.15) is 0 Å². The first kappa shape index (κ1) is 59.5. The molecule has 4 aliphatic rings. The predicted molar refractivity (Wildman–Crippen MR) is 219 cm³/mol. The summed E-state index contributed by atoms with van der Waals surface area (Å²) in [6, 6.07) is -5.29. The van der Waals surface area contributed by atoms with Gasteiger partial charge < -0.3 is 136 Å². The van der Waals surface area contributed by atoms with Crippen molar-refractivity contribution in [1.29, 1.82) is 0 Å². The van der Waals surface area contributed by atoms with Gasteiger partial charge in [0.25, 0.3) is 5.79 Å². The van der Waals surface area contributed by atoms with Crippen LogP contribution in [0.2, 0.25) is 0 Å². The molecule has 4 aliphatic heterocycles. The van der Waals surface area contributed by atoms with E-state index in [4.69, 9.17) is 37.9 Å². The molecule has 4 saturated heterocycles. The van der Waals surface area contributed by atoms with Crippen LogP contribution in [0.1, 0.15) is 34.1 Å². The molecule has 3 amide bonds. The second-order valence-corrected chi connectivity index (χ2v) is 17.4. The summed E-state index contributed by atoms with van der Waals surface area (Å²) in [6.45, 7) is -1.38. The number of ether oxygens (including phenoxy) is 8. The first-order chi connectivity index (χ1) is 32.8. The molecule has 0 bridgehead atoms. The van der Waals surface area contributed by atoms with Crippen molar-refractivity contribution in [2.24, 2.45) is 0 Å². The highest BCUT2D eigenvalue weighted by Crippen LogP contribution is 2.37. The largest absolute Gasteiger partial charge is 0.477 e. The quantitative estimate of drug-likeness (QED) is 0.0479. The predicted octanol–water partition coefficient (Wildman–Crippen LogP) is -11.6. The highest BCUT2D eigenvalue weighted by molar-refractivity contribution is 5.76. The van der Waals surface area contributed by atoms with Crippen molar-refractivity contribution in [1.82, 2.24) is 16.0 Å². The third-order valence-corrected chi connectivity index (χ3v) is 12.1. The number of carboxylic acid groups (broad SMARTS) is 1. The van der Waals surface area contributed by atoms with Crippen molar-refractivity contribution in [3.8, 4) is 0 Å². The Morgan fingerprint density at radius 3 is 1.73 bits per heavy atom. The second-order valence-electron chi connectivity index (χ2n) is 17.4. The first-order valence-electron chi connectivity index (χ1n) is 22.0. The minimum absolute atomic E-state index is 0.802. The molecule has 25 atom stereocenters. The minimum Gasteiger partial charge on any atom is -0.477 e. The summed E-state index contributed by atoms with van der Waals surface area (Å²) in [7, 11) is 0. The zero-order valence-electron chi connectivity index (χ0n) is 38.2. The van der Waals surface area contributed by atoms with Gasteiger partial charge >= 0.3 is 5.97 Å². The molecule has 0 spiro atoms. The maximum Gasteiger partial charge on any atom is 0.364 e. The average molecular weight is 1030 g/mol. The normalized spacial score (nSPS) is 40.7. The number of carbonyl (C=O) groups excluding carboxylic acids is 3. The van der Waals surface area contributed by atoms with Gasteiger partial charge in [-0.1, -0.05) is 0 Å². The number of carboxylic acids is 1. The van der Waals surface area contributed by atoms with Crippen molar-refractivity contribution >= 4 is 23.7 Å². The maximum atomic E-state index is 13.0. The van der Waals surface area contributed by atoms with Gasteiger partial charge in [0.05, 0.1) is 57.3 Å². The molecule has 0 saturated carbocycles. The van der Waals surface area contributed by atoms with Crippen molar-refractivity contribution in [2.45, 2.75) is 187 Å². The summed E-state index contributed by atoms with van der Waals surface area (Å²) in [5.74, 6) is -7.68. The van der Waals surface area contributed by atoms with Crippen molar-refractivity contribution in [3.63, 3.8) is 0 Å². The summed E-state index contributed by atoms with van der Waals surface area (Å²) in [4.78, 5) is 50.1. The van der Waals surface area contributed by atoms with Crippen molar-refractivity contribution in [3.05, 3.63) is 0 Å². The van der Waals surface area contributed by atoms with E-state index >= 15 is 0 Å². The van der Waals surface area contributed by atoms with Gasteiger partial charge in [-0.25, -0.2) is 4.79 Å². The summed E-state index contributed by atoms with van der Waals surface area (Å²) >= 11 is 0. The molecule has 0 aromatic heterocycles. The van der Waals surface area contributed by atoms with E-state index in [0.29, 0.717) is 0 Å². The minimum atomic E-state index is -3.05. The molecule has 0 aliphatic carbocycles. The molecule has 0 unspecified atom stereocenters. The Hall–Kier alpha value is -3.04. The smallest absolute Gasteiger partial charge is 0.364 e. The first-order valence-corrected chi connectivity index (χ1v) is 22.0. The van der Waals surface area contributed by atoms with Gasteiger partial charge in [-0.15, -0.1) is 0 Å². The van der Waals surface area contributed by atoms with Crippen LogP contribution in [0.5, 0.6) is 0 Å². The van der Waals surface area contributed by atoms with Crippen LogP contribution in [-0.4, -0.2) is 291 Å². The Bertz CT molecular complexity index is 1710. The third-order valence-electron chi connectivity index (χ3n) is 12.1. The van der Waals surface area contributed by atoms with E-state index in [2.05, 4.69) is 16.0 Å². The van der Waals surface area contributed by atoms with Crippen LogP contribution in [0, 0.1) is 0 Å². The number of aliphatic hydroxyl groups is 15. The summed E-state index contributed by atoms with van der Waals surface area (Å²) in [5.41, 5.74) is 0. The van der Waals surface area contributed by atoms with E-state index < -0.39 is 216 Å². The highest BCUT2D eigenvalue weighted by atomic mass is 16.8. The van der Waals surface area contributed by atoms with E-state index in [1.54, 1.807) is 0 Å².